The van der Waals surface area contributed by atoms with Crippen LogP contribution in [0.25, 0.3) is 10.9 Å². The number of hydrogen-bond donors (Lipinski definition) is 2. The zero-order valence-corrected chi connectivity index (χ0v) is 12.2. The molecule has 2 atom stereocenters. The number of carbonyl (C=O) groups is 1. The Morgan fingerprint density at radius 2 is 2.19 bits per heavy atom. The number of nitrogens with one attached hydrogen (secondary N) is 2. The summed E-state index contributed by atoms with van der Waals surface area (Å²) in [7, 11) is 0. The fraction of sp³-hybridized carbons (Fsp3) is 0.500. The molecule has 1 aromatic carbocycles. The summed E-state index contributed by atoms with van der Waals surface area (Å²) in [5, 5.41) is 11.2. The van der Waals surface area contributed by atoms with E-state index in [0.29, 0.717) is 17.5 Å². The molecule has 5 heteroatoms. The van der Waals surface area contributed by atoms with Gasteiger partial charge in [-0.25, -0.2) is 0 Å². The van der Waals surface area contributed by atoms with Gasteiger partial charge in [0.1, 0.15) is 0 Å². The molecule has 2 bridgehead atoms. The van der Waals surface area contributed by atoms with Crippen molar-refractivity contribution in [1.29, 1.82) is 0 Å². The van der Waals surface area contributed by atoms with E-state index in [9.17, 15) is 4.79 Å². The van der Waals surface area contributed by atoms with Gasteiger partial charge in [-0.15, -0.1) is 0 Å². The fourth-order valence-electron chi connectivity index (χ4n) is 3.86. The van der Waals surface area contributed by atoms with Crippen molar-refractivity contribution in [3.05, 3.63) is 30.0 Å². The molecule has 5 rings (SSSR count). The molecule has 21 heavy (non-hydrogen) atoms. The summed E-state index contributed by atoms with van der Waals surface area (Å²) in [6.07, 6.45) is 4.18. The van der Waals surface area contributed by atoms with Crippen molar-refractivity contribution in [3.8, 4) is 0 Å². The van der Waals surface area contributed by atoms with E-state index in [-0.39, 0.29) is 11.9 Å². The molecule has 4 heterocycles. The van der Waals surface area contributed by atoms with Gasteiger partial charge < -0.3 is 5.32 Å². The van der Waals surface area contributed by atoms with Gasteiger partial charge in [0.05, 0.1) is 11.7 Å². The first-order valence-corrected chi connectivity index (χ1v) is 7.70. The topological polar surface area (TPSA) is 61.0 Å². The molecule has 0 radical (unpaired) electrons. The number of amides is 1. The van der Waals surface area contributed by atoms with Gasteiger partial charge in [0.15, 0.2) is 0 Å². The molecule has 3 aliphatic heterocycles. The van der Waals surface area contributed by atoms with Crippen molar-refractivity contribution >= 4 is 16.8 Å². The van der Waals surface area contributed by atoms with Gasteiger partial charge in [0.2, 0.25) is 0 Å². The van der Waals surface area contributed by atoms with Crippen molar-refractivity contribution in [2.45, 2.75) is 31.8 Å². The highest BCUT2D eigenvalue weighted by Crippen LogP contribution is 2.32. The van der Waals surface area contributed by atoms with E-state index in [2.05, 4.69) is 27.3 Å². The first kappa shape index (κ1) is 12.8. The van der Waals surface area contributed by atoms with Crippen LogP contribution in [0.15, 0.2) is 24.4 Å². The van der Waals surface area contributed by atoms with Crippen molar-refractivity contribution in [3.63, 3.8) is 0 Å². The molecule has 110 valence electrons. The van der Waals surface area contributed by atoms with Crippen LogP contribution in [0.4, 0.5) is 0 Å². The number of aromatic amines is 1. The lowest BCUT2D eigenvalue weighted by Gasteiger charge is -2.49. The minimum Gasteiger partial charge on any atom is -0.347 e. The molecule has 2 aromatic rings. The highest BCUT2D eigenvalue weighted by atomic mass is 16.1. The predicted octanol–water partition coefficient (Wildman–Crippen LogP) is 1.78. The van der Waals surface area contributed by atoms with Crippen LogP contribution < -0.4 is 5.32 Å². The third kappa shape index (κ3) is 2.12. The molecule has 0 aliphatic carbocycles. The van der Waals surface area contributed by atoms with Crippen molar-refractivity contribution in [2.24, 2.45) is 5.92 Å². The zero-order chi connectivity index (χ0) is 14.4. The summed E-state index contributed by atoms with van der Waals surface area (Å²) in [5.41, 5.74) is 1.61. The van der Waals surface area contributed by atoms with Crippen molar-refractivity contribution < 1.29 is 4.79 Å². The third-order valence-corrected chi connectivity index (χ3v) is 5.18. The van der Waals surface area contributed by atoms with Gasteiger partial charge >= 0.3 is 0 Å². The Bertz CT molecular complexity index is 670. The monoisotopic (exact) mass is 284 g/mol. The molecule has 0 saturated carbocycles. The van der Waals surface area contributed by atoms with E-state index >= 15 is 0 Å². The lowest BCUT2D eigenvalue weighted by molar-refractivity contribution is 0.0217. The van der Waals surface area contributed by atoms with E-state index in [1.165, 1.54) is 25.9 Å². The van der Waals surface area contributed by atoms with Crippen LogP contribution >= 0.6 is 0 Å². The number of fused-ring (bicyclic) bond motifs is 4. The Morgan fingerprint density at radius 1 is 1.38 bits per heavy atom. The number of nitrogens with zero attached hydrogens (tertiary/aromatic N) is 2. The molecular weight excluding hydrogens is 264 g/mol. The average Bonchev–Trinajstić information content (AvgIpc) is 2.98. The van der Waals surface area contributed by atoms with E-state index in [1.54, 1.807) is 6.20 Å². The van der Waals surface area contributed by atoms with Crippen LogP contribution in [0, 0.1) is 5.92 Å². The second-order valence-corrected chi connectivity index (χ2v) is 6.29. The Hall–Kier alpha value is -1.88. The summed E-state index contributed by atoms with van der Waals surface area (Å²) >= 11 is 0. The first-order chi connectivity index (χ1) is 10.2. The number of benzene rings is 1. The average molecular weight is 284 g/mol. The maximum atomic E-state index is 12.5. The second kappa shape index (κ2) is 4.84. The van der Waals surface area contributed by atoms with Gasteiger partial charge in [0.25, 0.3) is 5.91 Å². The maximum Gasteiger partial charge on any atom is 0.251 e. The van der Waals surface area contributed by atoms with Crippen LogP contribution in [-0.4, -0.2) is 46.2 Å². The summed E-state index contributed by atoms with van der Waals surface area (Å²) < 4.78 is 0. The summed E-state index contributed by atoms with van der Waals surface area (Å²) in [6, 6.07) is 6.41. The number of hydrogen-bond acceptors (Lipinski definition) is 3. The van der Waals surface area contributed by atoms with Crippen LogP contribution in [0.3, 0.4) is 0 Å². The van der Waals surface area contributed by atoms with Gasteiger partial charge in [0, 0.05) is 23.0 Å². The van der Waals surface area contributed by atoms with Crippen molar-refractivity contribution in [2.75, 3.05) is 13.1 Å². The smallest absolute Gasteiger partial charge is 0.251 e. The SMILES string of the molecule is C[C@@H]1[C@H](NC(=O)c2ccc3cn[nH]c3c2)C2CCN1CC2. The van der Waals surface area contributed by atoms with E-state index in [0.717, 1.165) is 10.9 Å². The first-order valence-electron chi connectivity index (χ1n) is 7.70. The zero-order valence-electron chi connectivity index (χ0n) is 12.2. The normalized spacial score (nSPS) is 31.5. The Labute approximate surface area is 123 Å². The second-order valence-electron chi connectivity index (χ2n) is 6.29. The molecule has 0 spiro atoms. The van der Waals surface area contributed by atoms with Gasteiger partial charge in [-0.3, -0.25) is 14.8 Å². The Kier molecular flexibility index (Phi) is 2.96. The van der Waals surface area contributed by atoms with Gasteiger partial charge in [-0.1, -0.05) is 6.07 Å². The summed E-state index contributed by atoms with van der Waals surface area (Å²) in [5.74, 6) is 0.655. The fourth-order valence-corrected chi connectivity index (χ4v) is 3.86. The van der Waals surface area contributed by atoms with Crippen LogP contribution in [-0.2, 0) is 0 Å². The number of carbonyl (C=O) groups excluding carboxylic acids is 1. The quantitative estimate of drug-likeness (QED) is 0.883. The van der Waals surface area contributed by atoms with Crippen LogP contribution in [0.1, 0.15) is 30.1 Å². The van der Waals surface area contributed by atoms with Gasteiger partial charge in [-0.2, -0.15) is 5.10 Å². The Balaban J connectivity index is 1.54. The predicted molar refractivity (Wildman–Crippen MR) is 81.1 cm³/mol. The minimum atomic E-state index is 0.0251. The van der Waals surface area contributed by atoms with Crippen LogP contribution in [0.5, 0.6) is 0 Å². The van der Waals surface area contributed by atoms with Gasteiger partial charge in [-0.05, 0) is 50.9 Å². The molecule has 3 fully saturated rings. The maximum absolute atomic E-state index is 12.5. The molecule has 0 unspecified atom stereocenters. The highest BCUT2D eigenvalue weighted by Gasteiger charge is 2.40. The third-order valence-electron chi connectivity index (χ3n) is 5.18. The number of H-pyrrole nitrogens is 1. The summed E-state index contributed by atoms with van der Waals surface area (Å²) in [6.45, 7) is 4.59. The lowest BCUT2D eigenvalue weighted by Crippen LogP contribution is -2.62. The molecule has 1 aromatic heterocycles. The van der Waals surface area contributed by atoms with Crippen LogP contribution in [0.2, 0.25) is 0 Å². The minimum absolute atomic E-state index is 0.0251. The molecular formula is C16H20N4O. The largest absolute Gasteiger partial charge is 0.347 e. The van der Waals surface area contributed by atoms with E-state index in [1.807, 2.05) is 18.2 Å². The standard InChI is InChI=1S/C16H20N4O/c1-10-15(11-4-6-20(10)7-5-11)18-16(21)12-2-3-13-9-17-19-14(13)8-12/h2-3,8-11,15H,4-7H2,1H3,(H,17,19)(H,18,21)/t10-,15+/m1/s1. The molecule has 3 aliphatic rings. The molecule has 1 amide bonds. The summed E-state index contributed by atoms with van der Waals surface area (Å²) in [4.78, 5) is 15.0. The number of piperidine rings is 3. The number of rotatable bonds is 2. The lowest BCUT2D eigenvalue weighted by atomic mass is 9.79. The Morgan fingerprint density at radius 3 is 2.95 bits per heavy atom. The number of aromatic nitrogens is 2. The highest BCUT2D eigenvalue weighted by molar-refractivity contribution is 5.97. The molecule has 5 nitrogen and oxygen atoms in total. The van der Waals surface area contributed by atoms with E-state index < -0.39 is 0 Å². The molecule has 3 saturated heterocycles. The van der Waals surface area contributed by atoms with Crippen molar-refractivity contribution in [1.82, 2.24) is 20.4 Å². The molecule has 2 N–H and O–H groups in total. The van der Waals surface area contributed by atoms with E-state index in [4.69, 9.17) is 0 Å².